The van der Waals surface area contributed by atoms with Crippen molar-refractivity contribution in [2.75, 3.05) is 0 Å². The Morgan fingerprint density at radius 3 is 3.30 bits per heavy atom. The van der Waals surface area contributed by atoms with Gasteiger partial charge in [0, 0.05) is 0 Å². The number of rotatable bonds is 0. The minimum atomic E-state index is 0.751. The molecule has 2 aromatic heterocycles. The van der Waals surface area contributed by atoms with Crippen LogP contribution in [-0.2, 0) is 0 Å². The van der Waals surface area contributed by atoms with E-state index in [4.69, 9.17) is 4.42 Å². The SMILES string of the molecule is [AsH2]c1ncc2occc2n1. The second-order valence-electron chi connectivity index (χ2n) is 1.90. The van der Waals surface area contributed by atoms with Crippen molar-refractivity contribution in [2.24, 2.45) is 0 Å². The zero-order valence-corrected chi connectivity index (χ0v) is 7.53. The van der Waals surface area contributed by atoms with Crippen LogP contribution in [0.25, 0.3) is 11.1 Å². The van der Waals surface area contributed by atoms with Gasteiger partial charge in [-0.25, -0.2) is 0 Å². The van der Waals surface area contributed by atoms with Gasteiger partial charge in [-0.15, -0.1) is 0 Å². The van der Waals surface area contributed by atoms with Gasteiger partial charge in [0.25, 0.3) is 0 Å². The van der Waals surface area contributed by atoms with Crippen molar-refractivity contribution in [1.82, 2.24) is 9.97 Å². The summed E-state index contributed by atoms with van der Waals surface area (Å²) < 4.78 is 5.89. The van der Waals surface area contributed by atoms with Gasteiger partial charge < -0.3 is 0 Å². The molecule has 0 radical (unpaired) electrons. The summed E-state index contributed by atoms with van der Waals surface area (Å²) in [4.78, 5) is 8.16. The van der Waals surface area contributed by atoms with Crippen LogP contribution in [-0.4, -0.2) is 26.8 Å². The standard InChI is InChI=1S/C6H5AsN2O/c7-6-8-3-5-4(9-6)1-2-10-5/h1-3H,7H2. The molecule has 0 spiro atoms. The van der Waals surface area contributed by atoms with Crippen molar-refractivity contribution < 1.29 is 4.42 Å². The average molecular weight is 196 g/mol. The van der Waals surface area contributed by atoms with E-state index >= 15 is 0 Å². The first kappa shape index (κ1) is 5.93. The molecule has 0 aromatic carbocycles. The van der Waals surface area contributed by atoms with Gasteiger partial charge in [0.2, 0.25) is 0 Å². The Kier molecular flexibility index (Phi) is 1.24. The first-order valence-electron chi connectivity index (χ1n) is 2.82. The molecule has 0 aliphatic carbocycles. The van der Waals surface area contributed by atoms with Crippen molar-refractivity contribution in [3.63, 3.8) is 0 Å². The Balaban J connectivity index is 2.86. The van der Waals surface area contributed by atoms with E-state index in [1.165, 1.54) is 16.9 Å². The third kappa shape index (κ3) is 0.829. The number of furan rings is 1. The van der Waals surface area contributed by atoms with Gasteiger partial charge >= 0.3 is 65.5 Å². The second-order valence-corrected chi connectivity index (χ2v) is 2.98. The fourth-order valence-corrected chi connectivity index (χ4v) is 1.23. The van der Waals surface area contributed by atoms with Crippen LogP contribution in [0.3, 0.4) is 0 Å². The molecule has 1 atom stereocenters. The fourth-order valence-electron chi connectivity index (χ4n) is 0.780. The maximum atomic E-state index is 5.05. The number of nitrogens with zero attached hydrogens (tertiary/aromatic N) is 2. The molecular weight excluding hydrogens is 191 g/mol. The summed E-state index contributed by atoms with van der Waals surface area (Å²) in [5.74, 6) is 0. The molecule has 0 fully saturated rings. The summed E-state index contributed by atoms with van der Waals surface area (Å²) in [7, 11) is 0. The van der Waals surface area contributed by atoms with Crippen LogP contribution in [0.5, 0.6) is 0 Å². The topological polar surface area (TPSA) is 38.9 Å². The van der Waals surface area contributed by atoms with Crippen molar-refractivity contribution in [3.05, 3.63) is 18.5 Å². The van der Waals surface area contributed by atoms with Gasteiger partial charge in [-0.2, -0.15) is 0 Å². The van der Waals surface area contributed by atoms with Crippen molar-refractivity contribution in [2.45, 2.75) is 0 Å². The summed E-state index contributed by atoms with van der Waals surface area (Å²) in [6.45, 7) is 0. The quantitative estimate of drug-likeness (QED) is 0.532. The van der Waals surface area contributed by atoms with E-state index in [1.54, 1.807) is 12.5 Å². The molecule has 2 aromatic rings. The molecule has 0 saturated heterocycles. The predicted molar refractivity (Wildman–Crippen MR) is 40.0 cm³/mol. The van der Waals surface area contributed by atoms with Crippen LogP contribution in [0, 0.1) is 0 Å². The number of hydrogen-bond acceptors (Lipinski definition) is 3. The monoisotopic (exact) mass is 196 g/mol. The van der Waals surface area contributed by atoms with Crippen LogP contribution in [0.2, 0.25) is 0 Å². The van der Waals surface area contributed by atoms with Crippen LogP contribution in [0.1, 0.15) is 0 Å². The molecule has 0 saturated carbocycles. The van der Waals surface area contributed by atoms with Crippen molar-refractivity contribution in [1.29, 1.82) is 0 Å². The molecule has 0 amide bonds. The Bertz CT molecular complexity index is 357. The number of fused-ring (bicyclic) bond motifs is 1. The van der Waals surface area contributed by atoms with Gasteiger partial charge in [-0.3, -0.25) is 0 Å². The van der Waals surface area contributed by atoms with Crippen LogP contribution >= 0.6 is 0 Å². The van der Waals surface area contributed by atoms with Gasteiger partial charge in [0.15, 0.2) is 0 Å². The van der Waals surface area contributed by atoms with E-state index in [0.29, 0.717) is 0 Å². The molecule has 0 N–H and O–H groups in total. The first-order valence-corrected chi connectivity index (χ1v) is 4.03. The molecule has 50 valence electrons. The number of hydrogen-bond donors (Lipinski definition) is 0. The van der Waals surface area contributed by atoms with Gasteiger partial charge in [-0.05, 0) is 0 Å². The van der Waals surface area contributed by atoms with Gasteiger partial charge in [0.1, 0.15) is 0 Å². The average Bonchev–Trinajstić information content (AvgIpc) is 2.33. The van der Waals surface area contributed by atoms with Crippen LogP contribution in [0.15, 0.2) is 22.9 Å². The predicted octanol–water partition coefficient (Wildman–Crippen LogP) is -0.519. The Morgan fingerprint density at radius 1 is 1.50 bits per heavy atom. The second kappa shape index (κ2) is 2.10. The molecular formula is C6H5AsN2O. The normalized spacial score (nSPS) is 10.5. The van der Waals surface area contributed by atoms with Crippen LogP contribution < -0.4 is 4.61 Å². The summed E-state index contributed by atoms with van der Waals surface area (Å²) >= 11 is 1.42. The molecule has 10 heavy (non-hydrogen) atoms. The zero-order valence-electron chi connectivity index (χ0n) is 5.11. The molecule has 2 heterocycles. The Labute approximate surface area is 66.0 Å². The molecule has 0 aliphatic heterocycles. The summed E-state index contributed by atoms with van der Waals surface area (Å²) in [5, 5.41) is 0. The van der Waals surface area contributed by atoms with Gasteiger partial charge in [0.05, 0.1) is 0 Å². The summed E-state index contributed by atoms with van der Waals surface area (Å²) in [6, 6.07) is 1.83. The Hall–Kier alpha value is -0.822. The Morgan fingerprint density at radius 2 is 2.40 bits per heavy atom. The molecule has 1 unspecified atom stereocenters. The zero-order chi connectivity index (χ0) is 6.97. The first-order chi connectivity index (χ1) is 4.86. The van der Waals surface area contributed by atoms with Gasteiger partial charge in [-0.1, -0.05) is 0 Å². The van der Waals surface area contributed by atoms with E-state index in [-0.39, 0.29) is 0 Å². The van der Waals surface area contributed by atoms with E-state index in [9.17, 15) is 0 Å². The van der Waals surface area contributed by atoms with Crippen LogP contribution in [0.4, 0.5) is 0 Å². The third-order valence-electron chi connectivity index (χ3n) is 1.22. The minimum absolute atomic E-state index is 0.751. The number of aromatic nitrogens is 2. The fraction of sp³-hybridized carbons (Fsp3) is 0. The molecule has 3 nitrogen and oxygen atoms in total. The molecule has 4 heteroatoms. The summed E-state index contributed by atoms with van der Waals surface area (Å²) in [5.41, 5.74) is 1.63. The van der Waals surface area contributed by atoms with E-state index in [1.807, 2.05) is 6.07 Å². The molecule has 0 bridgehead atoms. The third-order valence-corrected chi connectivity index (χ3v) is 1.81. The van der Waals surface area contributed by atoms with Crippen molar-refractivity contribution in [3.8, 4) is 0 Å². The summed E-state index contributed by atoms with van der Waals surface area (Å²) in [6.07, 6.45) is 3.31. The van der Waals surface area contributed by atoms with E-state index in [2.05, 4.69) is 9.97 Å². The molecule has 0 aliphatic rings. The van der Waals surface area contributed by atoms with E-state index < -0.39 is 0 Å². The van der Waals surface area contributed by atoms with E-state index in [0.717, 1.165) is 15.7 Å². The molecule has 2 rings (SSSR count). The van der Waals surface area contributed by atoms with Crippen molar-refractivity contribution >= 4 is 32.6 Å². The maximum absolute atomic E-state index is 5.05.